The Hall–Kier alpha value is -1.36. The van der Waals surface area contributed by atoms with Crippen molar-refractivity contribution >= 4 is 63.0 Å². The van der Waals surface area contributed by atoms with Crippen LogP contribution in [0.25, 0.3) is 0 Å². The number of aromatic hydroxyl groups is 1. The maximum absolute atomic E-state index is 11.7. The summed E-state index contributed by atoms with van der Waals surface area (Å²) in [4.78, 5) is 11.7. The van der Waals surface area contributed by atoms with E-state index in [0.717, 1.165) is 18.4 Å². The van der Waals surface area contributed by atoms with Crippen molar-refractivity contribution in [2.45, 2.75) is 6.92 Å². The van der Waals surface area contributed by atoms with Gasteiger partial charge in [0.1, 0.15) is 5.75 Å². The predicted molar refractivity (Wildman–Crippen MR) is 109 cm³/mol. The number of hydrogen-bond donors (Lipinski definition) is 3. The fourth-order valence-corrected chi connectivity index (χ4v) is 3.55. The smallest absolute Gasteiger partial charge is 0.259 e. The molecule has 23 heavy (non-hydrogen) atoms. The quantitative estimate of drug-likeness (QED) is 0.312. The number of carbonyl (C=O) groups excluding carboxylic acids is 1. The van der Waals surface area contributed by atoms with Crippen molar-refractivity contribution in [1.82, 2.24) is 5.43 Å². The first-order valence-corrected chi connectivity index (χ1v) is 8.92. The Labute approximate surface area is 161 Å². The zero-order valence-corrected chi connectivity index (χ0v) is 16.6. The van der Waals surface area contributed by atoms with Gasteiger partial charge in [0.25, 0.3) is 5.91 Å². The molecule has 0 aromatic heterocycles. The second-order valence-electron chi connectivity index (χ2n) is 4.85. The maximum atomic E-state index is 11.7. The molecule has 0 aliphatic heterocycles. The number of hydrazone groups is 1. The normalized spacial score (nSPS) is 10.7. The molecule has 0 atom stereocenters. The molecule has 0 bridgehead atoms. The number of hydrogen-bond acceptors (Lipinski definition) is 4. The molecule has 0 saturated carbocycles. The number of anilines is 1. The third-order valence-corrected chi connectivity index (χ3v) is 4.59. The molecular formula is C16H15I2N3O2. The van der Waals surface area contributed by atoms with Crippen LogP contribution in [0.5, 0.6) is 5.75 Å². The SMILES string of the molecule is Cc1ccc(NCC(=O)N/N=C/c2cc(I)c(O)c(I)c2)cc1. The maximum Gasteiger partial charge on any atom is 0.259 e. The number of phenolic OH excluding ortho intramolecular Hbond substituents is 1. The zero-order chi connectivity index (χ0) is 16.8. The Balaban J connectivity index is 1.85. The van der Waals surface area contributed by atoms with E-state index in [0.29, 0.717) is 0 Å². The first kappa shape index (κ1) is 18.0. The van der Waals surface area contributed by atoms with Crippen molar-refractivity contribution in [1.29, 1.82) is 0 Å². The van der Waals surface area contributed by atoms with Crippen LogP contribution >= 0.6 is 45.2 Å². The number of rotatable bonds is 5. The molecular weight excluding hydrogens is 520 g/mol. The number of halogens is 2. The number of nitrogens with one attached hydrogen (secondary N) is 2. The fourth-order valence-electron chi connectivity index (χ4n) is 1.73. The van der Waals surface area contributed by atoms with E-state index in [2.05, 4.69) is 15.8 Å². The van der Waals surface area contributed by atoms with Crippen LogP contribution in [-0.2, 0) is 4.79 Å². The van der Waals surface area contributed by atoms with Gasteiger partial charge in [0.05, 0.1) is 19.9 Å². The summed E-state index contributed by atoms with van der Waals surface area (Å²) in [6.45, 7) is 2.15. The standard InChI is InChI=1S/C16H15I2N3O2/c1-10-2-4-12(5-3-10)19-9-15(22)21-20-8-11-6-13(17)16(23)14(18)7-11/h2-8,19,23H,9H2,1H3,(H,21,22)/b20-8+. The first-order chi connectivity index (χ1) is 11.0. The largest absolute Gasteiger partial charge is 0.506 e. The number of carbonyl (C=O) groups is 1. The first-order valence-electron chi connectivity index (χ1n) is 6.76. The number of benzene rings is 2. The molecule has 120 valence electrons. The summed E-state index contributed by atoms with van der Waals surface area (Å²) in [6.07, 6.45) is 1.55. The minimum Gasteiger partial charge on any atom is -0.506 e. The highest BCUT2D eigenvalue weighted by molar-refractivity contribution is 14.1. The lowest BCUT2D eigenvalue weighted by molar-refractivity contribution is -0.119. The lowest BCUT2D eigenvalue weighted by atomic mass is 10.2. The van der Waals surface area contributed by atoms with Crippen molar-refractivity contribution in [3.63, 3.8) is 0 Å². The highest BCUT2D eigenvalue weighted by Gasteiger charge is 2.04. The van der Waals surface area contributed by atoms with Crippen molar-refractivity contribution in [2.75, 3.05) is 11.9 Å². The van der Waals surface area contributed by atoms with E-state index in [1.54, 1.807) is 18.3 Å². The summed E-state index contributed by atoms with van der Waals surface area (Å²) in [5, 5.41) is 16.7. The molecule has 2 aromatic carbocycles. The van der Waals surface area contributed by atoms with Crippen LogP contribution in [0.1, 0.15) is 11.1 Å². The van der Waals surface area contributed by atoms with Crippen LogP contribution in [0.2, 0.25) is 0 Å². The van der Waals surface area contributed by atoms with Crippen molar-refractivity contribution in [2.24, 2.45) is 5.10 Å². The lowest BCUT2D eigenvalue weighted by Crippen LogP contribution is -2.25. The van der Waals surface area contributed by atoms with Crippen LogP contribution < -0.4 is 10.7 Å². The van der Waals surface area contributed by atoms with E-state index >= 15 is 0 Å². The molecule has 2 rings (SSSR count). The summed E-state index contributed by atoms with van der Waals surface area (Å²) in [7, 11) is 0. The van der Waals surface area contributed by atoms with E-state index in [1.165, 1.54) is 5.56 Å². The highest BCUT2D eigenvalue weighted by Crippen LogP contribution is 2.26. The second kappa shape index (κ2) is 8.48. The highest BCUT2D eigenvalue weighted by atomic mass is 127. The second-order valence-corrected chi connectivity index (χ2v) is 7.17. The van der Waals surface area contributed by atoms with Crippen LogP contribution in [0.15, 0.2) is 41.5 Å². The molecule has 1 amide bonds. The van der Waals surface area contributed by atoms with Crippen molar-refractivity contribution in [3.8, 4) is 5.75 Å². The Morgan fingerprint density at radius 1 is 1.22 bits per heavy atom. The molecule has 0 aliphatic carbocycles. The molecule has 5 nitrogen and oxygen atoms in total. The van der Waals surface area contributed by atoms with Gasteiger partial charge in [-0.25, -0.2) is 5.43 Å². The van der Waals surface area contributed by atoms with Crippen molar-refractivity contribution < 1.29 is 9.90 Å². The van der Waals surface area contributed by atoms with Crippen LogP contribution in [-0.4, -0.2) is 23.8 Å². The predicted octanol–water partition coefficient (Wildman–Crippen LogP) is 3.47. The number of phenols is 1. The third kappa shape index (κ3) is 5.65. The van der Waals surface area contributed by atoms with Gasteiger partial charge in [-0.05, 0) is 81.9 Å². The monoisotopic (exact) mass is 535 g/mol. The van der Waals surface area contributed by atoms with Gasteiger partial charge in [0, 0.05) is 5.69 Å². The van der Waals surface area contributed by atoms with Crippen LogP contribution in [0, 0.1) is 14.1 Å². The summed E-state index contributed by atoms with van der Waals surface area (Å²) in [5.74, 6) is 0.0275. The molecule has 3 N–H and O–H groups in total. The van der Waals surface area contributed by atoms with Gasteiger partial charge < -0.3 is 10.4 Å². The Bertz CT molecular complexity index is 708. The third-order valence-electron chi connectivity index (χ3n) is 2.95. The summed E-state index contributed by atoms with van der Waals surface area (Å²) < 4.78 is 1.48. The minimum absolute atomic E-state index is 0.144. The van der Waals surface area contributed by atoms with Crippen LogP contribution in [0.3, 0.4) is 0 Å². The Morgan fingerprint density at radius 3 is 2.43 bits per heavy atom. The molecule has 0 radical (unpaired) electrons. The Morgan fingerprint density at radius 2 is 1.83 bits per heavy atom. The average Bonchev–Trinajstić information content (AvgIpc) is 2.52. The van der Waals surface area contributed by atoms with Crippen molar-refractivity contribution in [3.05, 3.63) is 54.7 Å². The Kier molecular flexibility index (Phi) is 6.63. The average molecular weight is 535 g/mol. The molecule has 7 heteroatoms. The fraction of sp³-hybridized carbons (Fsp3) is 0.125. The van der Waals surface area contributed by atoms with E-state index in [4.69, 9.17) is 0 Å². The van der Waals surface area contributed by atoms with Gasteiger partial charge in [-0.15, -0.1) is 0 Å². The number of amides is 1. The van der Waals surface area contributed by atoms with Gasteiger partial charge in [-0.2, -0.15) is 5.10 Å². The van der Waals surface area contributed by atoms with E-state index in [-0.39, 0.29) is 18.2 Å². The zero-order valence-electron chi connectivity index (χ0n) is 12.3. The van der Waals surface area contributed by atoms with E-state index in [9.17, 15) is 9.90 Å². The van der Waals surface area contributed by atoms with Gasteiger partial charge in [0.2, 0.25) is 0 Å². The number of nitrogens with zero attached hydrogens (tertiary/aromatic N) is 1. The molecule has 2 aromatic rings. The molecule has 0 heterocycles. The summed E-state index contributed by atoms with van der Waals surface area (Å²) in [6, 6.07) is 11.4. The minimum atomic E-state index is -0.231. The summed E-state index contributed by atoms with van der Waals surface area (Å²) >= 11 is 4.10. The van der Waals surface area contributed by atoms with Gasteiger partial charge in [0.15, 0.2) is 0 Å². The van der Waals surface area contributed by atoms with Crippen LogP contribution in [0.4, 0.5) is 5.69 Å². The van der Waals surface area contributed by atoms with E-state index in [1.807, 2.05) is 76.4 Å². The van der Waals surface area contributed by atoms with Gasteiger partial charge >= 0.3 is 0 Å². The molecule has 0 unspecified atom stereocenters. The van der Waals surface area contributed by atoms with Gasteiger partial charge in [-0.1, -0.05) is 17.7 Å². The number of aryl methyl sites for hydroxylation is 1. The van der Waals surface area contributed by atoms with E-state index < -0.39 is 0 Å². The molecule has 0 spiro atoms. The molecule has 0 aliphatic rings. The topological polar surface area (TPSA) is 73.7 Å². The lowest BCUT2D eigenvalue weighted by Gasteiger charge is -2.05. The van der Waals surface area contributed by atoms with Gasteiger partial charge in [-0.3, -0.25) is 4.79 Å². The molecule has 0 fully saturated rings. The molecule has 0 saturated heterocycles. The summed E-state index contributed by atoms with van der Waals surface area (Å²) in [5.41, 5.74) is 5.33.